The maximum absolute atomic E-state index is 13.5. The lowest BCUT2D eigenvalue weighted by atomic mass is 10.1. The molecular formula is C16H15FO2S. The van der Waals surface area contributed by atoms with Gasteiger partial charge in [0.15, 0.2) is 5.78 Å². The molecule has 0 aliphatic heterocycles. The van der Waals surface area contributed by atoms with E-state index in [4.69, 9.17) is 4.74 Å². The SMILES string of the molecule is CSc1ccc(Oc2cc(C)c(F)cc2C(C)=O)cc1. The Morgan fingerprint density at radius 1 is 1.20 bits per heavy atom. The molecule has 2 nitrogen and oxygen atoms in total. The van der Waals surface area contributed by atoms with Gasteiger partial charge in [-0.3, -0.25) is 4.79 Å². The van der Waals surface area contributed by atoms with Gasteiger partial charge in [-0.05, 0) is 62.1 Å². The van der Waals surface area contributed by atoms with Crippen molar-refractivity contribution in [1.29, 1.82) is 0 Å². The van der Waals surface area contributed by atoms with Crippen LogP contribution in [0.4, 0.5) is 4.39 Å². The number of benzene rings is 2. The number of ether oxygens (including phenoxy) is 1. The fraction of sp³-hybridized carbons (Fsp3) is 0.188. The largest absolute Gasteiger partial charge is 0.457 e. The van der Waals surface area contributed by atoms with E-state index >= 15 is 0 Å². The molecule has 104 valence electrons. The first-order valence-electron chi connectivity index (χ1n) is 6.14. The smallest absolute Gasteiger partial charge is 0.163 e. The summed E-state index contributed by atoms with van der Waals surface area (Å²) in [6.45, 7) is 3.04. The highest BCUT2D eigenvalue weighted by Crippen LogP contribution is 2.29. The molecule has 0 aliphatic rings. The third kappa shape index (κ3) is 3.20. The molecule has 0 aromatic heterocycles. The van der Waals surface area contributed by atoms with E-state index in [2.05, 4.69) is 0 Å². The number of thioether (sulfide) groups is 1. The second-order valence-corrected chi connectivity index (χ2v) is 5.31. The molecule has 0 N–H and O–H groups in total. The van der Waals surface area contributed by atoms with Crippen molar-refractivity contribution in [3.05, 3.63) is 53.3 Å². The normalized spacial score (nSPS) is 10.4. The van der Waals surface area contributed by atoms with Crippen LogP contribution in [-0.4, -0.2) is 12.0 Å². The van der Waals surface area contributed by atoms with E-state index < -0.39 is 5.82 Å². The lowest BCUT2D eigenvalue weighted by Gasteiger charge is -2.11. The Morgan fingerprint density at radius 3 is 2.40 bits per heavy atom. The van der Waals surface area contributed by atoms with Gasteiger partial charge in [0.2, 0.25) is 0 Å². The van der Waals surface area contributed by atoms with Crippen molar-refractivity contribution in [2.75, 3.05) is 6.26 Å². The van der Waals surface area contributed by atoms with Crippen LogP contribution in [-0.2, 0) is 0 Å². The van der Waals surface area contributed by atoms with Gasteiger partial charge >= 0.3 is 0 Å². The highest BCUT2D eigenvalue weighted by Gasteiger charge is 2.13. The zero-order valence-corrected chi connectivity index (χ0v) is 12.4. The molecule has 0 amide bonds. The van der Waals surface area contributed by atoms with Crippen LogP contribution in [0.1, 0.15) is 22.8 Å². The van der Waals surface area contributed by atoms with Crippen LogP contribution >= 0.6 is 11.8 Å². The number of halogens is 1. The monoisotopic (exact) mass is 290 g/mol. The fourth-order valence-corrected chi connectivity index (χ4v) is 2.19. The number of ketones is 1. The average molecular weight is 290 g/mol. The second-order valence-electron chi connectivity index (χ2n) is 4.43. The minimum atomic E-state index is -0.403. The van der Waals surface area contributed by atoms with Crippen LogP contribution in [0.2, 0.25) is 0 Å². The van der Waals surface area contributed by atoms with Crippen molar-refractivity contribution >= 4 is 17.5 Å². The minimum absolute atomic E-state index is 0.223. The van der Waals surface area contributed by atoms with Crippen molar-refractivity contribution < 1.29 is 13.9 Å². The van der Waals surface area contributed by atoms with E-state index in [0.717, 1.165) is 4.90 Å². The molecule has 0 saturated carbocycles. The summed E-state index contributed by atoms with van der Waals surface area (Å²) in [6, 6.07) is 10.3. The number of carbonyl (C=O) groups excluding carboxylic acids is 1. The van der Waals surface area contributed by atoms with Crippen LogP contribution in [0.5, 0.6) is 11.5 Å². The number of hydrogen-bond donors (Lipinski definition) is 0. The number of rotatable bonds is 4. The lowest BCUT2D eigenvalue weighted by Crippen LogP contribution is -1.99. The summed E-state index contributed by atoms with van der Waals surface area (Å²) >= 11 is 1.64. The van der Waals surface area contributed by atoms with E-state index in [1.54, 1.807) is 24.8 Å². The summed E-state index contributed by atoms with van der Waals surface area (Å²) < 4.78 is 19.3. The maximum atomic E-state index is 13.5. The van der Waals surface area contributed by atoms with Crippen molar-refractivity contribution in [2.24, 2.45) is 0 Å². The van der Waals surface area contributed by atoms with Gasteiger partial charge in [-0.25, -0.2) is 4.39 Å². The van der Waals surface area contributed by atoms with Gasteiger partial charge in [0.1, 0.15) is 17.3 Å². The molecule has 0 unspecified atom stereocenters. The first-order chi connectivity index (χ1) is 9.51. The quantitative estimate of drug-likeness (QED) is 0.594. The topological polar surface area (TPSA) is 26.3 Å². The molecule has 0 fully saturated rings. The first-order valence-corrected chi connectivity index (χ1v) is 7.36. The molecule has 2 rings (SSSR count). The Labute approximate surface area is 122 Å². The lowest BCUT2D eigenvalue weighted by molar-refractivity contribution is 0.101. The molecule has 0 aliphatic carbocycles. The molecular weight excluding hydrogens is 275 g/mol. The number of hydrogen-bond acceptors (Lipinski definition) is 3. The Kier molecular flexibility index (Phi) is 4.45. The molecule has 0 heterocycles. The Bertz CT molecular complexity index is 636. The van der Waals surface area contributed by atoms with Gasteiger partial charge in [-0.15, -0.1) is 11.8 Å². The molecule has 0 atom stereocenters. The van der Waals surface area contributed by atoms with Crippen molar-refractivity contribution in [2.45, 2.75) is 18.7 Å². The standard InChI is InChI=1S/C16H15FO2S/c1-10-8-16(14(11(2)18)9-15(10)17)19-12-4-6-13(20-3)7-5-12/h4-9H,1-3H3. The molecule has 4 heteroatoms. The molecule has 2 aromatic carbocycles. The van der Waals surface area contributed by atoms with E-state index in [1.807, 2.05) is 30.5 Å². The molecule has 0 saturated heterocycles. The zero-order valence-electron chi connectivity index (χ0n) is 11.6. The van der Waals surface area contributed by atoms with Gasteiger partial charge in [0.25, 0.3) is 0 Å². The van der Waals surface area contributed by atoms with E-state index in [1.165, 1.54) is 13.0 Å². The summed E-state index contributed by atoms with van der Waals surface area (Å²) in [6.07, 6.45) is 1.99. The minimum Gasteiger partial charge on any atom is -0.457 e. The van der Waals surface area contributed by atoms with Crippen LogP contribution in [0, 0.1) is 12.7 Å². The van der Waals surface area contributed by atoms with Crippen LogP contribution in [0.15, 0.2) is 41.3 Å². The predicted octanol–water partition coefficient (Wildman–Crippen LogP) is 4.85. The highest BCUT2D eigenvalue weighted by molar-refractivity contribution is 7.98. The Hall–Kier alpha value is -1.81. The first kappa shape index (κ1) is 14.6. The predicted molar refractivity (Wildman–Crippen MR) is 79.4 cm³/mol. The summed E-state index contributed by atoms with van der Waals surface area (Å²) in [7, 11) is 0. The van der Waals surface area contributed by atoms with Crippen LogP contribution in [0.25, 0.3) is 0 Å². The number of carbonyl (C=O) groups is 1. The van der Waals surface area contributed by atoms with Crippen molar-refractivity contribution in [3.8, 4) is 11.5 Å². The zero-order chi connectivity index (χ0) is 14.7. The number of aryl methyl sites for hydroxylation is 1. The Morgan fingerprint density at radius 2 is 1.85 bits per heavy atom. The van der Waals surface area contributed by atoms with Gasteiger partial charge < -0.3 is 4.74 Å². The van der Waals surface area contributed by atoms with Gasteiger partial charge in [0.05, 0.1) is 5.56 Å². The van der Waals surface area contributed by atoms with Gasteiger partial charge in [-0.1, -0.05) is 0 Å². The second kappa shape index (κ2) is 6.09. The number of Topliss-reactive ketones (excluding diaryl/α,β-unsaturated/α-hetero) is 1. The summed E-state index contributed by atoms with van der Waals surface area (Å²) in [5, 5.41) is 0. The summed E-state index contributed by atoms with van der Waals surface area (Å²) in [5.41, 5.74) is 0.702. The molecule has 0 bridgehead atoms. The Balaban J connectivity index is 2.36. The van der Waals surface area contributed by atoms with Crippen LogP contribution < -0.4 is 4.74 Å². The highest BCUT2D eigenvalue weighted by atomic mass is 32.2. The van der Waals surface area contributed by atoms with Gasteiger partial charge in [0, 0.05) is 4.90 Å². The van der Waals surface area contributed by atoms with Crippen molar-refractivity contribution in [3.63, 3.8) is 0 Å². The molecule has 0 radical (unpaired) electrons. The molecule has 2 aromatic rings. The molecule has 20 heavy (non-hydrogen) atoms. The summed E-state index contributed by atoms with van der Waals surface area (Å²) in [4.78, 5) is 12.7. The van der Waals surface area contributed by atoms with Crippen molar-refractivity contribution in [1.82, 2.24) is 0 Å². The fourth-order valence-electron chi connectivity index (χ4n) is 1.79. The third-order valence-electron chi connectivity index (χ3n) is 2.93. The summed E-state index contributed by atoms with van der Waals surface area (Å²) in [5.74, 6) is 0.379. The van der Waals surface area contributed by atoms with E-state index in [0.29, 0.717) is 17.1 Å². The average Bonchev–Trinajstić information content (AvgIpc) is 2.43. The maximum Gasteiger partial charge on any atom is 0.163 e. The van der Waals surface area contributed by atoms with E-state index in [9.17, 15) is 9.18 Å². The molecule has 0 spiro atoms. The van der Waals surface area contributed by atoms with Crippen LogP contribution in [0.3, 0.4) is 0 Å². The van der Waals surface area contributed by atoms with Gasteiger partial charge in [-0.2, -0.15) is 0 Å². The van der Waals surface area contributed by atoms with E-state index in [-0.39, 0.29) is 11.3 Å². The third-order valence-corrected chi connectivity index (χ3v) is 3.67.